The highest BCUT2D eigenvalue weighted by atomic mass is 35.5. The molecule has 0 aromatic heterocycles. The van der Waals surface area contributed by atoms with E-state index in [1.54, 1.807) is 0 Å². The Balaban J connectivity index is 0. The van der Waals surface area contributed by atoms with Gasteiger partial charge >= 0.3 is 5.97 Å². The minimum atomic E-state index is -0.688. The third kappa shape index (κ3) is 17.8. The van der Waals surface area contributed by atoms with Gasteiger partial charge in [-0.2, -0.15) is 0 Å². The minimum absolute atomic E-state index is 0. The molecule has 0 aliphatic rings. The van der Waals surface area contributed by atoms with Gasteiger partial charge in [0.25, 0.3) is 0 Å². The van der Waals surface area contributed by atoms with E-state index in [9.17, 15) is 4.79 Å². The van der Waals surface area contributed by atoms with Gasteiger partial charge < -0.3 is 5.11 Å². The topological polar surface area (TPSA) is 40.5 Å². The van der Waals surface area contributed by atoms with Crippen molar-refractivity contribution < 1.29 is 9.90 Å². The normalized spacial score (nSPS) is 10.7. The van der Waals surface area contributed by atoms with Crippen LogP contribution >= 0.6 is 12.4 Å². The van der Waals surface area contributed by atoms with Gasteiger partial charge in [0, 0.05) is 0 Å². The second-order valence-electron chi connectivity index (χ2n) is 6.21. The Labute approximate surface area is 144 Å². The summed E-state index contributed by atoms with van der Waals surface area (Å²) in [5, 5.41) is 8.99. The van der Waals surface area contributed by atoms with Gasteiger partial charge in [-0.05, 0) is 25.9 Å². The number of hydrogen-bond acceptors (Lipinski definition) is 2. The van der Waals surface area contributed by atoms with Crippen LogP contribution in [0.15, 0.2) is 0 Å². The molecule has 1 N–H and O–H groups in total. The number of carboxylic acid groups (broad SMARTS) is 1. The Bertz CT molecular complexity index is 221. The van der Waals surface area contributed by atoms with Gasteiger partial charge in [-0.1, -0.05) is 78.1 Å². The van der Waals surface area contributed by atoms with Crippen LogP contribution in [-0.2, 0) is 4.79 Å². The van der Waals surface area contributed by atoms with Gasteiger partial charge in [0.1, 0.15) is 0 Å². The number of halogens is 1. The summed E-state index contributed by atoms with van der Waals surface area (Å²) in [7, 11) is 0. The number of unbranched alkanes of at least 4 members (excludes halogenated alkanes) is 10. The van der Waals surface area contributed by atoms with Crippen molar-refractivity contribution in [3.8, 4) is 0 Å². The SMILES string of the molecule is CCCCCCCCN(CCCCCCCC)CC(=O)O.Cl. The van der Waals surface area contributed by atoms with Crippen molar-refractivity contribution in [2.75, 3.05) is 19.6 Å². The van der Waals surface area contributed by atoms with Gasteiger partial charge in [-0.15, -0.1) is 12.4 Å². The first kappa shape index (κ1) is 24.0. The average Bonchev–Trinajstić information content (AvgIpc) is 2.45. The third-order valence-corrected chi connectivity index (χ3v) is 4.01. The molecular weight excluding hydrogens is 298 g/mol. The van der Waals surface area contributed by atoms with Crippen molar-refractivity contribution in [3.05, 3.63) is 0 Å². The predicted molar refractivity (Wildman–Crippen MR) is 98.1 cm³/mol. The molecule has 0 saturated carbocycles. The van der Waals surface area contributed by atoms with Crippen LogP contribution in [0.3, 0.4) is 0 Å². The van der Waals surface area contributed by atoms with Crippen molar-refractivity contribution in [3.63, 3.8) is 0 Å². The molecular formula is C18H38ClNO2. The summed E-state index contributed by atoms with van der Waals surface area (Å²) in [6.45, 7) is 6.58. The van der Waals surface area contributed by atoms with E-state index in [0.29, 0.717) is 0 Å². The summed E-state index contributed by atoms with van der Waals surface area (Å²) in [6, 6.07) is 0. The summed E-state index contributed by atoms with van der Waals surface area (Å²) in [4.78, 5) is 13.0. The van der Waals surface area contributed by atoms with E-state index in [1.807, 2.05) is 0 Å². The van der Waals surface area contributed by atoms with E-state index in [2.05, 4.69) is 18.7 Å². The number of carbonyl (C=O) groups is 1. The lowest BCUT2D eigenvalue weighted by atomic mass is 10.1. The third-order valence-electron chi connectivity index (χ3n) is 4.01. The van der Waals surface area contributed by atoms with Crippen LogP contribution in [-0.4, -0.2) is 35.6 Å². The van der Waals surface area contributed by atoms with Crippen LogP contribution in [0, 0.1) is 0 Å². The zero-order valence-electron chi connectivity index (χ0n) is 14.8. The summed E-state index contributed by atoms with van der Waals surface area (Å²) < 4.78 is 0. The lowest BCUT2D eigenvalue weighted by molar-refractivity contribution is -0.138. The monoisotopic (exact) mass is 335 g/mol. The fourth-order valence-corrected chi connectivity index (χ4v) is 2.69. The van der Waals surface area contributed by atoms with Gasteiger partial charge in [0.2, 0.25) is 0 Å². The van der Waals surface area contributed by atoms with Crippen molar-refractivity contribution in [2.24, 2.45) is 0 Å². The second kappa shape index (κ2) is 18.8. The van der Waals surface area contributed by atoms with E-state index < -0.39 is 5.97 Å². The molecule has 4 heteroatoms. The van der Waals surface area contributed by atoms with Gasteiger partial charge in [-0.3, -0.25) is 9.69 Å². The predicted octanol–water partition coefficient (Wildman–Crippen LogP) is 5.52. The first-order valence-electron chi connectivity index (χ1n) is 9.14. The van der Waals surface area contributed by atoms with E-state index in [4.69, 9.17) is 5.11 Å². The van der Waals surface area contributed by atoms with Gasteiger partial charge in [-0.25, -0.2) is 0 Å². The van der Waals surface area contributed by atoms with Crippen molar-refractivity contribution in [1.29, 1.82) is 0 Å². The van der Waals surface area contributed by atoms with E-state index >= 15 is 0 Å². The lowest BCUT2D eigenvalue weighted by Gasteiger charge is -2.20. The Morgan fingerprint density at radius 3 is 1.45 bits per heavy atom. The largest absolute Gasteiger partial charge is 0.480 e. The van der Waals surface area contributed by atoms with E-state index in [0.717, 1.165) is 25.9 Å². The maximum absolute atomic E-state index is 10.9. The van der Waals surface area contributed by atoms with Crippen LogP contribution in [0.1, 0.15) is 90.9 Å². The molecule has 0 radical (unpaired) electrons. The quantitative estimate of drug-likeness (QED) is 0.378. The lowest BCUT2D eigenvalue weighted by Crippen LogP contribution is -2.31. The number of nitrogens with zero attached hydrogens (tertiary/aromatic N) is 1. The molecule has 0 amide bonds. The molecule has 0 aromatic carbocycles. The minimum Gasteiger partial charge on any atom is -0.480 e. The zero-order chi connectivity index (χ0) is 15.8. The van der Waals surface area contributed by atoms with Crippen molar-refractivity contribution in [2.45, 2.75) is 90.9 Å². The van der Waals surface area contributed by atoms with Gasteiger partial charge in [0.15, 0.2) is 0 Å². The van der Waals surface area contributed by atoms with Crippen LogP contribution in [0.25, 0.3) is 0 Å². The average molecular weight is 336 g/mol. The van der Waals surface area contributed by atoms with E-state index in [1.165, 1.54) is 64.2 Å². The maximum atomic E-state index is 10.9. The van der Waals surface area contributed by atoms with Crippen molar-refractivity contribution in [1.82, 2.24) is 4.90 Å². The molecule has 0 aliphatic heterocycles. The highest BCUT2D eigenvalue weighted by Crippen LogP contribution is 2.08. The van der Waals surface area contributed by atoms with Crippen molar-refractivity contribution >= 4 is 18.4 Å². The summed E-state index contributed by atoms with van der Waals surface area (Å²) in [5.74, 6) is -0.688. The molecule has 0 saturated heterocycles. The molecule has 0 fully saturated rings. The Hall–Kier alpha value is -0.280. The molecule has 22 heavy (non-hydrogen) atoms. The Morgan fingerprint density at radius 1 is 0.727 bits per heavy atom. The summed E-state index contributed by atoms with van der Waals surface area (Å²) in [6.07, 6.45) is 15.2. The molecule has 3 nitrogen and oxygen atoms in total. The number of aliphatic carboxylic acids is 1. The summed E-state index contributed by atoms with van der Waals surface area (Å²) in [5.41, 5.74) is 0. The van der Waals surface area contributed by atoms with Crippen LogP contribution < -0.4 is 0 Å². The standard InChI is InChI=1S/C18H37NO2.ClH/c1-3-5-7-9-11-13-15-19(17-18(20)21)16-14-12-10-8-6-4-2;/h3-17H2,1-2H3,(H,20,21);1H. The number of carboxylic acids is 1. The molecule has 0 spiro atoms. The zero-order valence-corrected chi connectivity index (χ0v) is 15.6. The summed E-state index contributed by atoms with van der Waals surface area (Å²) >= 11 is 0. The number of hydrogen-bond donors (Lipinski definition) is 1. The Morgan fingerprint density at radius 2 is 1.09 bits per heavy atom. The second-order valence-corrected chi connectivity index (χ2v) is 6.21. The van der Waals surface area contributed by atoms with E-state index in [-0.39, 0.29) is 19.0 Å². The van der Waals surface area contributed by atoms with Crippen LogP contribution in [0.5, 0.6) is 0 Å². The highest BCUT2D eigenvalue weighted by Gasteiger charge is 2.08. The van der Waals surface area contributed by atoms with Crippen LogP contribution in [0.4, 0.5) is 0 Å². The Kier molecular flexibility index (Phi) is 20.5. The smallest absolute Gasteiger partial charge is 0.317 e. The molecule has 0 atom stereocenters. The molecule has 0 unspecified atom stereocenters. The van der Waals surface area contributed by atoms with Crippen LogP contribution in [0.2, 0.25) is 0 Å². The molecule has 134 valence electrons. The fraction of sp³-hybridized carbons (Fsp3) is 0.944. The first-order chi connectivity index (χ1) is 10.2. The maximum Gasteiger partial charge on any atom is 0.317 e. The molecule has 0 aliphatic carbocycles. The van der Waals surface area contributed by atoms with Gasteiger partial charge in [0.05, 0.1) is 6.54 Å². The first-order valence-corrected chi connectivity index (χ1v) is 9.14. The fourth-order valence-electron chi connectivity index (χ4n) is 2.69. The molecule has 0 heterocycles. The molecule has 0 aromatic rings. The highest BCUT2D eigenvalue weighted by molar-refractivity contribution is 5.85. The number of rotatable bonds is 16. The molecule has 0 rings (SSSR count). The molecule has 0 bridgehead atoms.